The highest BCUT2D eigenvalue weighted by Gasteiger charge is 2.50. The fourth-order valence-corrected chi connectivity index (χ4v) is 11.1. The van der Waals surface area contributed by atoms with Crippen LogP contribution in [0.2, 0.25) is 5.02 Å². The molecule has 1 saturated carbocycles. The number of sulfonamides is 2. The highest BCUT2D eigenvalue weighted by atomic mass is 35.5. The maximum atomic E-state index is 13.8. The number of amides is 1. The van der Waals surface area contributed by atoms with E-state index < -0.39 is 48.1 Å². The number of anilines is 1. The third-order valence-electron chi connectivity index (χ3n) is 11.4. The summed E-state index contributed by atoms with van der Waals surface area (Å²) in [6.45, 7) is 10.3. The van der Waals surface area contributed by atoms with E-state index in [1.807, 2.05) is 45.9 Å². The van der Waals surface area contributed by atoms with Gasteiger partial charge in [0.05, 0.1) is 22.3 Å². The lowest BCUT2D eigenvalue weighted by Gasteiger charge is -2.50. The molecule has 278 valence electrons. The Morgan fingerprint density at radius 2 is 1.80 bits per heavy atom. The molecule has 0 unspecified atom stereocenters. The van der Waals surface area contributed by atoms with Crippen LogP contribution in [0.5, 0.6) is 5.75 Å². The summed E-state index contributed by atoms with van der Waals surface area (Å²) >= 11 is 6.35. The zero-order chi connectivity index (χ0) is 36.6. The lowest BCUT2D eigenvalue weighted by atomic mass is 9.63. The molecule has 2 bridgehead atoms. The topological polar surface area (TPSA) is 133 Å². The molecule has 2 aromatic carbocycles. The van der Waals surface area contributed by atoms with Crippen molar-refractivity contribution < 1.29 is 31.5 Å². The summed E-state index contributed by atoms with van der Waals surface area (Å²) in [5.74, 6) is -1.19. The van der Waals surface area contributed by atoms with Crippen LogP contribution in [0.1, 0.15) is 101 Å². The van der Waals surface area contributed by atoms with Crippen molar-refractivity contribution in [2.75, 3.05) is 30.8 Å². The number of aryl methyl sites for hydroxylation is 1. The van der Waals surface area contributed by atoms with Gasteiger partial charge in [-0.05, 0) is 132 Å². The van der Waals surface area contributed by atoms with Crippen molar-refractivity contribution in [3.63, 3.8) is 0 Å². The van der Waals surface area contributed by atoms with Crippen LogP contribution in [-0.4, -0.2) is 74.4 Å². The highest BCUT2D eigenvalue weighted by Crippen LogP contribution is 2.47. The van der Waals surface area contributed by atoms with Gasteiger partial charge < -0.3 is 14.7 Å². The maximum absolute atomic E-state index is 13.8. The molecule has 0 spiro atoms. The Kier molecular flexibility index (Phi) is 11.6. The van der Waals surface area contributed by atoms with Gasteiger partial charge >= 0.3 is 0 Å². The Hall–Kier alpha value is -2.38. The van der Waals surface area contributed by atoms with E-state index in [9.17, 15) is 26.7 Å². The number of carbonyl (C=O) groups is 1. The van der Waals surface area contributed by atoms with Crippen LogP contribution in [0.25, 0.3) is 0 Å². The van der Waals surface area contributed by atoms with Gasteiger partial charge in [-0.1, -0.05) is 31.0 Å². The Labute approximate surface area is 304 Å². The van der Waals surface area contributed by atoms with Gasteiger partial charge in [0.2, 0.25) is 20.0 Å². The summed E-state index contributed by atoms with van der Waals surface area (Å²) in [4.78, 5) is 15.7. The number of nitrogens with one attached hydrogen (secondary N) is 1. The molecular weight excluding hydrogens is 698 g/mol. The van der Waals surface area contributed by atoms with Gasteiger partial charge in [0.1, 0.15) is 12.4 Å². The summed E-state index contributed by atoms with van der Waals surface area (Å²) in [6, 6.07) is 10.8. The molecule has 10 nitrogen and oxygen atoms in total. The van der Waals surface area contributed by atoms with Gasteiger partial charge in [-0.3, -0.25) is 4.79 Å². The van der Waals surface area contributed by atoms with Gasteiger partial charge in [0.15, 0.2) is 0 Å². The van der Waals surface area contributed by atoms with Gasteiger partial charge in [-0.15, -0.1) is 0 Å². The number of hydrogen-bond acceptors (Lipinski definition) is 8. The van der Waals surface area contributed by atoms with Crippen molar-refractivity contribution in [2.24, 2.45) is 17.8 Å². The van der Waals surface area contributed by atoms with E-state index in [0.29, 0.717) is 48.8 Å². The third kappa shape index (κ3) is 8.62. The van der Waals surface area contributed by atoms with Crippen LogP contribution in [-0.2, 0) is 33.1 Å². The predicted molar refractivity (Wildman–Crippen MR) is 199 cm³/mol. The molecule has 13 heteroatoms. The predicted octanol–water partition coefficient (Wildman–Crippen LogP) is 6.15. The molecule has 2 N–H and O–H groups in total. The first-order chi connectivity index (χ1) is 23.3. The van der Waals surface area contributed by atoms with Crippen LogP contribution in [0.4, 0.5) is 5.69 Å². The monoisotopic (exact) mass is 751 g/mol. The molecule has 5 rings (SSSR count). The summed E-state index contributed by atoms with van der Waals surface area (Å²) in [5.41, 5.74) is 0.828. The lowest BCUT2D eigenvalue weighted by molar-refractivity contribution is -0.0724. The fraction of sp³-hybridized carbons (Fsp3) is 0.649. The van der Waals surface area contributed by atoms with Crippen molar-refractivity contribution in [1.29, 1.82) is 0 Å². The average Bonchev–Trinajstić information content (AvgIpc) is 3.03. The Balaban J connectivity index is 1.57. The van der Waals surface area contributed by atoms with Gasteiger partial charge in [0.25, 0.3) is 5.91 Å². The zero-order valence-corrected chi connectivity index (χ0v) is 32.6. The number of carbonyl (C=O) groups excluding carboxylic acids is 1. The van der Waals surface area contributed by atoms with E-state index in [-0.39, 0.29) is 36.3 Å². The van der Waals surface area contributed by atoms with Gasteiger partial charge in [-0.2, -0.15) is 4.31 Å². The summed E-state index contributed by atoms with van der Waals surface area (Å²) in [6.07, 6.45) is 5.13. The Morgan fingerprint density at radius 1 is 1.06 bits per heavy atom. The average molecular weight is 752 g/mol. The van der Waals surface area contributed by atoms with E-state index in [4.69, 9.17) is 16.3 Å². The molecule has 0 radical (unpaired) electrons. The normalized spacial score (nSPS) is 28.3. The minimum Gasteiger partial charge on any atom is -0.487 e. The van der Waals surface area contributed by atoms with Crippen molar-refractivity contribution >= 4 is 43.2 Å². The standard InChI is InChI=1S/C37H54ClN3O7S2/c1-25-10-9-18-37(43,24-49(44,45)40(6)36(3,4)5)32-16-13-29(32)22-41-19-8-7-11-27-20-31(38)15-12-30(27)23-48-34-17-14-28(21-33(34)41)35(42)39-50(46,47)26(25)2/h12,14-15,17,20-21,25-26,29,32,43H,7-11,13,16,18-19,22-24H2,1-6H3,(H,39,42)/t25-,26+,29-,32+,37+/m0/s1. The highest BCUT2D eigenvalue weighted by molar-refractivity contribution is 7.90. The Morgan fingerprint density at radius 3 is 2.48 bits per heavy atom. The maximum Gasteiger partial charge on any atom is 0.264 e. The molecule has 0 saturated heterocycles. The molecule has 1 amide bonds. The van der Waals surface area contributed by atoms with E-state index in [2.05, 4.69) is 9.62 Å². The van der Waals surface area contributed by atoms with Crippen molar-refractivity contribution in [3.05, 3.63) is 58.1 Å². The molecule has 1 aliphatic carbocycles. The van der Waals surface area contributed by atoms with Crippen molar-refractivity contribution in [3.8, 4) is 5.75 Å². The number of nitrogens with zero attached hydrogens (tertiary/aromatic N) is 2. The van der Waals surface area contributed by atoms with Crippen molar-refractivity contribution in [2.45, 2.75) is 109 Å². The van der Waals surface area contributed by atoms with E-state index in [0.717, 1.165) is 36.8 Å². The third-order valence-corrected chi connectivity index (χ3v) is 15.8. The molecule has 2 aliphatic heterocycles. The second-order valence-electron chi connectivity index (χ2n) is 15.8. The molecular formula is C37H54ClN3O7S2. The Bertz CT molecular complexity index is 1780. The van der Waals surface area contributed by atoms with E-state index >= 15 is 0 Å². The van der Waals surface area contributed by atoms with Crippen LogP contribution in [0.15, 0.2) is 36.4 Å². The zero-order valence-electron chi connectivity index (χ0n) is 30.2. The van der Waals surface area contributed by atoms with E-state index in [1.165, 1.54) is 4.31 Å². The molecule has 2 aromatic rings. The second-order valence-corrected chi connectivity index (χ2v) is 20.3. The number of halogens is 1. The first kappa shape index (κ1) is 38.8. The first-order valence-corrected chi connectivity index (χ1v) is 21.4. The molecule has 50 heavy (non-hydrogen) atoms. The molecule has 0 aromatic heterocycles. The largest absolute Gasteiger partial charge is 0.487 e. The number of ether oxygens (including phenoxy) is 1. The van der Waals surface area contributed by atoms with Crippen molar-refractivity contribution in [1.82, 2.24) is 9.03 Å². The number of hydrogen-bond donors (Lipinski definition) is 2. The fourth-order valence-electron chi connectivity index (χ4n) is 7.60. The minimum absolute atomic E-state index is 0.00811. The molecule has 5 atom stereocenters. The summed E-state index contributed by atoms with van der Waals surface area (Å²) < 4.78 is 64.6. The smallest absolute Gasteiger partial charge is 0.264 e. The summed E-state index contributed by atoms with van der Waals surface area (Å²) in [7, 11) is -6.34. The first-order valence-electron chi connectivity index (χ1n) is 17.8. The number of benzene rings is 2. The van der Waals surface area contributed by atoms with Crippen LogP contribution in [0, 0.1) is 17.8 Å². The van der Waals surface area contributed by atoms with Gasteiger partial charge in [-0.25, -0.2) is 21.6 Å². The van der Waals surface area contributed by atoms with Crippen LogP contribution in [0.3, 0.4) is 0 Å². The lowest BCUT2D eigenvalue weighted by Crippen LogP contribution is -2.57. The number of rotatable bonds is 3. The quantitative estimate of drug-likeness (QED) is 0.382. The minimum atomic E-state index is -4.05. The van der Waals surface area contributed by atoms with E-state index in [1.54, 1.807) is 32.2 Å². The second kappa shape index (κ2) is 14.9. The summed E-state index contributed by atoms with van der Waals surface area (Å²) in [5, 5.41) is 12.3. The number of fused-ring (bicyclic) bond motifs is 3. The number of aliphatic hydroxyl groups is 1. The SMILES string of the molecule is C[C@@H]1[C@@H](C)CCC[C@@](O)(CS(=O)(=O)N(C)C(C)(C)C)[C@@H]2CC[C@H]2CN2CCCCc3cc(Cl)ccc3COc3ccc(cc32)C(=O)NS1(=O)=O. The molecule has 1 fully saturated rings. The van der Waals surface area contributed by atoms with Crippen LogP contribution >= 0.6 is 11.6 Å². The molecule has 3 aliphatic rings. The van der Waals surface area contributed by atoms with Crippen LogP contribution < -0.4 is 14.4 Å². The van der Waals surface area contributed by atoms with Gasteiger partial charge in [0, 0.05) is 36.3 Å². The molecule has 2 heterocycles.